The van der Waals surface area contributed by atoms with Crippen molar-refractivity contribution in [2.24, 2.45) is 5.41 Å². The van der Waals surface area contributed by atoms with Gasteiger partial charge in [-0.15, -0.1) is 0 Å². The Balaban J connectivity index is 3.03. The second kappa shape index (κ2) is 5.87. The number of carbonyl (C=O) groups is 1. The number of alkyl halides is 2. The molecule has 0 heterocycles. The monoisotopic (exact) mass is 398 g/mol. The van der Waals surface area contributed by atoms with E-state index in [2.05, 4.69) is 31.9 Å². The highest BCUT2D eigenvalue weighted by Crippen LogP contribution is 2.44. The highest BCUT2D eigenvalue weighted by molar-refractivity contribution is 9.11. The van der Waals surface area contributed by atoms with Crippen LogP contribution in [0.4, 0.5) is 8.78 Å². The molecule has 0 spiro atoms. The molecule has 0 saturated carbocycles. The summed E-state index contributed by atoms with van der Waals surface area (Å²) in [5.74, 6) is -4.17. The first kappa shape index (κ1) is 16.6. The molecule has 106 valence electrons. The van der Waals surface area contributed by atoms with Gasteiger partial charge in [0, 0.05) is 20.9 Å². The van der Waals surface area contributed by atoms with E-state index in [1.54, 1.807) is 6.07 Å². The molecule has 0 atom stereocenters. The second-order valence-electron chi connectivity index (χ2n) is 5.24. The van der Waals surface area contributed by atoms with Gasteiger partial charge < -0.3 is 5.11 Å². The van der Waals surface area contributed by atoms with Gasteiger partial charge in [0.15, 0.2) is 0 Å². The van der Waals surface area contributed by atoms with Crippen molar-refractivity contribution in [3.05, 3.63) is 32.7 Å². The summed E-state index contributed by atoms with van der Waals surface area (Å²) in [4.78, 5) is 10.7. The van der Waals surface area contributed by atoms with Crippen LogP contribution in [0, 0.1) is 5.41 Å². The predicted molar refractivity (Wildman–Crippen MR) is 76.4 cm³/mol. The van der Waals surface area contributed by atoms with Crippen molar-refractivity contribution >= 4 is 37.8 Å². The molecule has 1 aromatic rings. The Labute approximate surface area is 127 Å². The SMILES string of the molecule is CC(C)(CC(=O)O)CC(F)(F)c1cc(Br)ccc1Br. The standard InChI is InChI=1S/C13H14Br2F2O2/c1-12(2,6-11(18)19)7-13(16,17)9-5-8(14)3-4-10(9)15/h3-5H,6-7H2,1-2H3,(H,18,19). The van der Waals surface area contributed by atoms with Gasteiger partial charge in [0.2, 0.25) is 0 Å². The molecule has 6 heteroatoms. The number of carboxylic acid groups (broad SMARTS) is 1. The van der Waals surface area contributed by atoms with Gasteiger partial charge in [0.05, 0.1) is 6.42 Å². The van der Waals surface area contributed by atoms with Crippen molar-refractivity contribution in [3.8, 4) is 0 Å². The Morgan fingerprint density at radius 2 is 1.89 bits per heavy atom. The van der Waals surface area contributed by atoms with Crippen LogP contribution in [0.2, 0.25) is 0 Å². The molecule has 0 unspecified atom stereocenters. The molecule has 1 N–H and O–H groups in total. The zero-order chi connectivity index (χ0) is 14.8. The smallest absolute Gasteiger partial charge is 0.303 e. The summed E-state index contributed by atoms with van der Waals surface area (Å²) >= 11 is 6.27. The number of aliphatic carboxylic acids is 1. The highest BCUT2D eigenvalue weighted by Gasteiger charge is 2.40. The van der Waals surface area contributed by atoms with E-state index in [0.29, 0.717) is 8.95 Å². The van der Waals surface area contributed by atoms with E-state index in [0.717, 1.165) is 0 Å². The van der Waals surface area contributed by atoms with Gasteiger partial charge in [-0.1, -0.05) is 45.7 Å². The molecule has 0 fully saturated rings. The first-order valence-electron chi connectivity index (χ1n) is 5.59. The van der Waals surface area contributed by atoms with Gasteiger partial charge in [-0.2, -0.15) is 0 Å². The molecule has 1 aromatic carbocycles. The maximum absolute atomic E-state index is 14.3. The van der Waals surface area contributed by atoms with E-state index in [1.165, 1.54) is 26.0 Å². The maximum atomic E-state index is 14.3. The van der Waals surface area contributed by atoms with Crippen molar-refractivity contribution < 1.29 is 18.7 Å². The first-order valence-corrected chi connectivity index (χ1v) is 7.17. The number of carboxylic acids is 1. The molecule has 2 nitrogen and oxygen atoms in total. The summed E-state index contributed by atoms with van der Waals surface area (Å²) in [7, 11) is 0. The predicted octanol–water partition coefficient (Wildman–Crippen LogP) is 5.19. The van der Waals surface area contributed by atoms with Crippen molar-refractivity contribution in [2.75, 3.05) is 0 Å². The van der Waals surface area contributed by atoms with Crippen molar-refractivity contribution in [3.63, 3.8) is 0 Å². The van der Waals surface area contributed by atoms with Gasteiger partial charge in [0.1, 0.15) is 0 Å². The van der Waals surface area contributed by atoms with Crippen molar-refractivity contribution in [1.82, 2.24) is 0 Å². The molecule has 0 bridgehead atoms. The summed E-state index contributed by atoms with van der Waals surface area (Å²) in [6.45, 7) is 3.06. The molecule has 19 heavy (non-hydrogen) atoms. The largest absolute Gasteiger partial charge is 0.481 e. The molecular formula is C13H14Br2F2O2. The van der Waals surface area contributed by atoms with Crippen LogP contribution in [0.15, 0.2) is 27.1 Å². The normalized spacial score (nSPS) is 12.5. The molecule has 0 amide bonds. The van der Waals surface area contributed by atoms with Gasteiger partial charge in [0.25, 0.3) is 5.92 Å². The van der Waals surface area contributed by atoms with E-state index in [9.17, 15) is 13.6 Å². The third-order valence-corrected chi connectivity index (χ3v) is 3.84. The minimum absolute atomic E-state index is 0.139. The Hall–Kier alpha value is -0.490. The van der Waals surface area contributed by atoms with E-state index >= 15 is 0 Å². The van der Waals surface area contributed by atoms with Crippen LogP contribution in [0.25, 0.3) is 0 Å². The number of rotatable bonds is 5. The summed E-state index contributed by atoms with van der Waals surface area (Å²) < 4.78 is 29.5. The van der Waals surface area contributed by atoms with Crippen LogP contribution in [0.3, 0.4) is 0 Å². The number of hydrogen-bond donors (Lipinski definition) is 1. The van der Waals surface area contributed by atoms with Gasteiger partial charge in [-0.25, -0.2) is 8.78 Å². The maximum Gasteiger partial charge on any atom is 0.303 e. The van der Waals surface area contributed by atoms with Crippen LogP contribution in [-0.4, -0.2) is 11.1 Å². The topological polar surface area (TPSA) is 37.3 Å². The minimum atomic E-state index is -3.10. The highest BCUT2D eigenvalue weighted by atomic mass is 79.9. The first-order chi connectivity index (χ1) is 8.53. The van der Waals surface area contributed by atoms with Crippen LogP contribution in [-0.2, 0) is 10.7 Å². The number of halogens is 4. The molecule has 0 radical (unpaired) electrons. The Morgan fingerprint density at radius 1 is 1.32 bits per heavy atom. The average molecular weight is 400 g/mol. The zero-order valence-corrected chi connectivity index (χ0v) is 13.7. The number of hydrogen-bond acceptors (Lipinski definition) is 1. The fourth-order valence-electron chi connectivity index (χ4n) is 1.95. The van der Waals surface area contributed by atoms with Crippen LogP contribution in [0.5, 0.6) is 0 Å². The minimum Gasteiger partial charge on any atom is -0.481 e. The Morgan fingerprint density at radius 3 is 2.42 bits per heavy atom. The van der Waals surface area contributed by atoms with E-state index in [1.807, 2.05) is 0 Å². The van der Waals surface area contributed by atoms with E-state index in [-0.39, 0.29) is 12.0 Å². The number of benzene rings is 1. The molecule has 0 aromatic heterocycles. The van der Waals surface area contributed by atoms with E-state index < -0.39 is 23.7 Å². The van der Waals surface area contributed by atoms with Gasteiger partial charge in [-0.3, -0.25) is 4.79 Å². The molecule has 0 aliphatic heterocycles. The van der Waals surface area contributed by atoms with Crippen LogP contribution < -0.4 is 0 Å². The fourth-order valence-corrected chi connectivity index (χ4v) is 2.84. The average Bonchev–Trinajstić information content (AvgIpc) is 2.17. The Bertz CT molecular complexity index is 488. The summed E-state index contributed by atoms with van der Waals surface area (Å²) in [6, 6.07) is 4.55. The summed E-state index contributed by atoms with van der Waals surface area (Å²) in [6.07, 6.45) is -0.824. The third-order valence-electron chi connectivity index (χ3n) is 2.65. The second-order valence-corrected chi connectivity index (χ2v) is 7.01. The molecule has 0 aliphatic rings. The lowest BCUT2D eigenvalue weighted by Gasteiger charge is -2.29. The van der Waals surface area contributed by atoms with Crippen molar-refractivity contribution in [1.29, 1.82) is 0 Å². The molecular weight excluding hydrogens is 386 g/mol. The van der Waals surface area contributed by atoms with Crippen LogP contribution >= 0.6 is 31.9 Å². The molecule has 1 rings (SSSR count). The lowest BCUT2D eigenvalue weighted by Crippen LogP contribution is -2.27. The van der Waals surface area contributed by atoms with Crippen molar-refractivity contribution in [2.45, 2.75) is 32.6 Å². The Kier molecular flexibility index (Phi) is 5.12. The fraction of sp³-hybridized carbons (Fsp3) is 0.462. The molecule has 0 saturated heterocycles. The summed E-state index contributed by atoms with van der Waals surface area (Å²) in [5, 5.41) is 8.75. The summed E-state index contributed by atoms with van der Waals surface area (Å²) in [5.41, 5.74) is -1.13. The lowest BCUT2D eigenvalue weighted by molar-refractivity contribution is -0.140. The zero-order valence-electron chi connectivity index (χ0n) is 10.5. The van der Waals surface area contributed by atoms with Gasteiger partial charge in [-0.05, 0) is 23.6 Å². The molecule has 0 aliphatic carbocycles. The quantitative estimate of drug-likeness (QED) is 0.739. The van der Waals surface area contributed by atoms with E-state index in [4.69, 9.17) is 5.11 Å². The third kappa shape index (κ3) is 4.84. The van der Waals surface area contributed by atoms with Crippen LogP contribution in [0.1, 0.15) is 32.3 Å². The van der Waals surface area contributed by atoms with Gasteiger partial charge >= 0.3 is 5.97 Å². The lowest BCUT2D eigenvalue weighted by atomic mass is 9.81.